The zero-order valence-corrected chi connectivity index (χ0v) is 24.7. The van der Waals surface area contributed by atoms with Crippen molar-refractivity contribution in [2.24, 2.45) is 0 Å². The number of aromatic carboxylic acids is 1. The van der Waals surface area contributed by atoms with Gasteiger partial charge in [-0.2, -0.15) is 0 Å². The van der Waals surface area contributed by atoms with Gasteiger partial charge in [0.15, 0.2) is 5.56 Å². The van der Waals surface area contributed by atoms with Gasteiger partial charge in [-0.3, -0.25) is 4.57 Å². The summed E-state index contributed by atoms with van der Waals surface area (Å²) in [5.74, 6) is -1.13. The lowest BCUT2D eigenvalue weighted by molar-refractivity contribution is 0.0543. The summed E-state index contributed by atoms with van der Waals surface area (Å²) < 4.78 is 25.6. The summed E-state index contributed by atoms with van der Waals surface area (Å²) in [5, 5.41) is 11.2. The van der Waals surface area contributed by atoms with Crippen molar-refractivity contribution < 1.29 is 33.6 Å². The fraction of sp³-hybridized carbons (Fsp3) is 0.229. The maximum absolute atomic E-state index is 12.9. The molecular formula is C35H32N2O7. The van der Waals surface area contributed by atoms with Crippen molar-refractivity contribution in [3.8, 4) is 22.9 Å². The van der Waals surface area contributed by atoms with Crippen LogP contribution in [0.5, 0.6) is 11.6 Å². The standard InChI is InChI=1S/C35H32N2O7/c1-35(2,3)44-34(40)37-17-16-24-26-20-41-21-27-30(25(26)14-15-28(24)37)36-32(43-19-23-12-8-5-9-13-23)29(33(38)39)31(27)42-18-22-10-6-4-7-11-22/h4-17H,18-21H2,1-3H3,(H,38,39). The molecule has 0 bridgehead atoms. The second-order valence-electron chi connectivity index (χ2n) is 11.5. The van der Waals surface area contributed by atoms with Crippen LogP contribution in [0.1, 0.15) is 53.4 Å². The Kier molecular flexibility index (Phi) is 7.80. The summed E-state index contributed by atoms with van der Waals surface area (Å²) in [7, 11) is 0. The van der Waals surface area contributed by atoms with Crippen LogP contribution in [0.3, 0.4) is 0 Å². The van der Waals surface area contributed by atoms with Crippen molar-refractivity contribution in [3.63, 3.8) is 0 Å². The molecule has 0 saturated heterocycles. The highest BCUT2D eigenvalue weighted by molar-refractivity contribution is 5.98. The zero-order valence-electron chi connectivity index (χ0n) is 24.7. The molecule has 0 fully saturated rings. The third-order valence-electron chi connectivity index (χ3n) is 7.19. The molecule has 1 aliphatic rings. The van der Waals surface area contributed by atoms with Crippen LogP contribution in [-0.2, 0) is 35.9 Å². The lowest BCUT2D eigenvalue weighted by atomic mass is 9.97. The molecule has 9 heteroatoms. The minimum atomic E-state index is -1.22. The van der Waals surface area contributed by atoms with Gasteiger partial charge in [0.05, 0.1) is 24.4 Å². The highest BCUT2D eigenvalue weighted by atomic mass is 16.6. The summed E-state index contributed by atoms with van der Waals surface area (Å²) in [6, 6.07) is 24.5. The van der Waals surface area contributed by atoms with Crippen LogP contribution in [0.25, 0.3) is 22.2 Å². The quantitative estimate of drug-likeness (QED) is 0.209. The number of pyridine rings is 1. The Morgan fingerprint density at radius 1 is 0.864 bits per heavy atom. The molecule has 0 amide bonds. The average Bonchev–Trinajstić information content (AvgIpc) is 3.35. The second kappa shape index (κ2) is 11.9. The van der Waals surface area contributed by atoms with Gasteiger partial charge in [-0.25, -0.2) is 14.6 Å². The van der Waals surface area contributed by atoms with Gasteiger partial charge in [0.2, 0.25) is 5.88 Å². The van der Waals surface area contributed by atoms with Crippen LogP contribution < -0.4 is 9.47 Å². The van der Waals surface area contributed by atoms with Crippen molar-refractivity contribution >= 4 is 23.0 Å². The van der Waals surface area contributed by atoms with E-state index in [-0.39, 0.29) is 43.6 Å². The predicted octanol–water partition coefficient (Wildman–Crippen LogP) is 7.37. The summed E-state index contributed by atoms with van der Waals surface area (Å²) in [6.07, 6.45) is 1.19. The van der Waals surface area contributed by atoms with Crippen LogP contribution >= 0.6 is 0 Å². The van der Waals surface area contributed by atoms with Crippen LogP contribution in [0.4, 0.5) is 4.79 Å². The maximum Gasteiger partial charge on any atom is 0.418 e. The largest absolute Gasteiger partial charge is 0.487 e. The minimum Gasteiger partial charge on any atom is -0.487 e. The van der Waals surface area contributed by atoms with Crippen LogP contribution in [0.15, 0.2) is 85.1 Å². The first kappa shape index (κ1) is 28.9. The third-order valence-corrected chi connectivity index (χ3v) is 7.19. The highest BCUT2D eigenvalue weighted by Crippen LogP contribution is 2.43. The van der Waals surface area contributed by atoms with Crippen molar-refractivity contribution in [3.05, 3.63) is 113 Å². The van der Waals surface area contributed by atoms with E-state index < -0.39 is 17.7 Å². The molecule has 224 valence electrons. The fourth-order valence-electron chi connectivity index (χ4n) is 5.23. The molecule has 5 aromatic rings. The Morgan fingerprint density at radius 3 is 2.14 bits per heavy atom. The van der Waals surface area contributed by atoms with Crippen molar-refractivity contribution in [2.45, 2.75) is 52.8 Å². The van der Waals surface area contributed by atoms with Crippen LogP contribution in [0.2, 0.25) is 0 Å². The Morgan fingerprint density at radius 2 is 1.50 bits per heavy atom. The van der Waals surface area contributed by atoms with E-state index in [4.69, 9.17) is 23.9 Å². The molecule has 1 N–H and O–H groups in total. The Hall–Kier alpha value is -5.15. The number of fused-ring (bicyclic) bond motifs is 5. The van der Waals surface area contributed by atoms with E-state index in [1.807, 2.05) is 99.6 Å². The zero-order chi connectivity index (χ0) is 30.8. The summed E-state index contributed by atoms with van der Waals surface area (Å²) >= 11 is 0. The average molecular weight is 593 g/mol. The summed E-state index contributed by atoms with van der Waals surface area (Å²) in [4.78, 5) is 30.5. The van der Waals surface area contributed by atoms with E-state index in [1.165, 1.54) is 4.57 Å². The summed E-state index contributed by atoms with van der Waals surface area (Å²) in [5.41, 5.74) is 4.13. The Balaban J connectivity index is 1.49. The second-order valence-corrected chi connectivity index (χ2v) is 11.5. The number of ether oxygens (including phenoxy) is 4. The maximum atomic E-state index is 12.9. The number of carbonyl (C=O) groups is 2. The lowest BCUT2D eigenvalue weighted by Gasteiger charge is -2.20. The first-order chi connectivity index (χ1) is 21.2. The molecule has 3 aromatic carbocycles. The number of hydrogen-bond acceptors (Lipinski definition) is 7. The number of carboxylic acid groups (broad SMARTS) is 1. The van der Waals surface area contributed by atoms with Gasteiger partial charge in [0, 0.05) is 22.7 Å². The van der Waals surface area contributed by atoms with Gasteiger partial charge in [-0.05, 0) is 49.6 Å². The topological polar surface area (TPSA) is 109 Å². The Bertz CT molecular complexity index is 1840. The van der Waals surface area contributed by atoms with Crippen molar-refractivity contribution in [1.82, 2.24) is 9.55 Å². The molecule has 2 aromatic heterocycles. The number of nitrogens with zero attached hydrogens (tertiary/aromatic N) is 2. The molecule has 9 nitrogen and oxygen atoms in total. The van der Waals surface area contributed by atoms with Gasteiger partial charge < -0.3 is 24.1 Å². The van der Waals surface area contributed by atoms with E-state index >= 15 is 0 Å². The van der Waals surface area contributed by atoms with Gasteiger partial charge in [0.1, 0.15) is 24.6 Å². The van der Waals surface area contributed by atoms with E-state index in [0.29, 0.717) is 16.8 Å². The lowest BCUT2D eigenvalue weighted by Crippen LogP contribution is -2.26. The van der Waals surface area contributed by atoms with Gasteiger partial charge >= 0.3 is 12.1 Å². The number of aromatic nitrogens is 2. The molecule has 0 atom stereocenters. The van der Waals surface area contributed by atoms with Crippen LogP contribution in [0, 0.1) is 0 Å². The fourth-order valence-corrected chi connectivity index (χ4v) is 5.23. The first-order valence-electron chi connectivity index (χ1n) is 14.3. The molecule has 0 saturated carbocycles. The normalized spacial score (nSPS) is 12.6. The molecule has 6 rings (SSSR count). The molecule has 3 heterocycles. The predicted molar refractivity (Wildman–Crippen MR) is 164 cm³/mol. The molecule has 0 aliphatic carbocycles. The number of rotatable bonds is 7. The minimum absolute atomic E-state index is 0.0533. The highest BCUT2D eigenvalue weighted by Gasteiger charge is 2.31. The van der Waals surface area contributed by atoms with Gasteiger partial charge in [-0.15, -0.1) is 0 Å². The molecular weight excluding hydrogens is 560 g/mol. The number of carboxylic acids is 1. The van der Waals surface area contributed by atoms with E-state index in [1.54, 1.807) is 6.20 Å². The van der Waals surface area contributed by atoms with Crippen LogP contribution in [-0.4, -0.2) is 32.3 Å². The van der Waals surface area contributed by atoms with E-state index in [9.17, 15) is 14.7 Å². The first-order valence-corrected chi connectivity index (χ1v) is 14.3. The smallest absolute Gasteiger partial charge is 0.418 e. The van der Waals surface area contributed by atoms with E-state index in [0.717, 1.165) is 27.6 Å². The number of hydrogen-bond donors (Lipinski definition) is 1. The number of carbonyl (C=O) groups excluding carboxylic acids is 1. The van der Waals surface area contributed by atoms with Crippen molar-refractivity contribution in [2.75, 3.05) is 0 Å². The molecule has 44 heavy (non-hydrogen) atoms. The third kappa shape index (κ3) is 5.87. The SMILES string of the molecule is CC(C)(C)OC(=O)n1ccc2c3c(ccc21)-c1nc(OCc2ccccc2)c(C(=O)O)c(OCc2ccccc2)c1COC3. The Labute approximate surface area is 254 Å². The molecule has 0 spiro atoms. The molecule has 0 radical (unpaired) electrons. The van der Waals surface area contributed by atoms with E-state index in [2.05, 4.69) is 0 Å². The van der Waals surface area contributed by atoms with Crippen molar-refractivity contribution in [1.29, 1.82) is 0 Å². The van der Waals surface area contributed by atoms with Gasteiger partial charge in [0.25, 0.3) is 0 Å². The monoisotopic (exact) mass is 592 g/mol. The summed E-state index contributed by atoms with van der Waals surface area (Å²) in [6.45, 7) is 5.99. The number of benzene rings is 3. The van der Waals surface area contributed by atoms with Gasteiger partial charge in [-0.1, -0.05) is 66.7 Å². The molecule has 0 unspecified atom stereocenters. The molecule has 1 aliphatic heterocycles.